The number of aliphatic hydroxyl groups is 1. The maximum Gasteiger partial charge on any atom is 0.0487 e. The van der Waals surface area contributed by atoms with Gasteiger partial charge in [0.2, 0.25) is 0 Å². The molecule has 0 saturated heterocycles. The standard InChI is InChI=1S/C17H36O2/c1-17(2)13-10-8-6-4-3-5-7-9-11-15-19-16-12-14-18/h17-18H,3-16H2,1-2H3. The molecule has 0 aliphatic carbocycles. The highest BCUT2D eigenvalue weighted by Gasteiger charge is 1.95. The lowest BCUT2D eigenvalue weighted by atomic mass is 10.0. The maximum atomic E-state index is 8.59. The van der Waals surface area contributed by atoms with Crippen LogP contribution in [-0.4, -0.2) is 24.9 Å². The van der Waals surface area contributed by atoms with Gasteiger partial charge in [0.05, 0.1) is 0 Å². The number of rotatable bonds is 15. The molecule has 0 rings (SSSR count). The fraction of sp³-hybridized carbons (Fsp3) is 1.00. The quantitative estimate of drug-likeness (QED) is 0.428. The molecule has 0 amide bonds. The van der Waals surface area contributed by atoms with Crippen molar-refractivity contribution in [3.63, 3.8) is 0 Å². The highest BCUT2D eigenvalue weighted by molar-refractivity contribution is 4.50. The van der Waals surface area contributed by atoms with Crippen LogP contribution in [0, 0.1) is 5.92 Å². The number of hydrogen-bond acceptors (Lipinski definition) is 2. The Bertz CT molecular complexity index is 157. The molecule has 0 saturated carbocycles. The van der Waals surface area contributed by atoms with Crippen molar-refractivity contribution in [3.8, 4) is 0 Å². The molecule has 0 heterocycles. The Hall–Kier alpha value is -0.0800. The smallest absolute Gasteiger partial charge is 0.0487 e. The second-order valence-corrected chi connectivity index (χ2v) is 6.05. The molecule has 116 valence electrons. The minimum atomic E-state index is 0.247. The van der Waals surface area contributed by atoms with Gasteiger partial charge in [-0.2, -0.15) is 0 Å². The third kappa shape index (κ3) is 17.9. The van der Waals surface area contributed by atoms with Crippen molar-refractivity contribution in [3.05, 3.63) is 0 Å². The van der Waals surface area contributed by atoms with Gasteiger partial charge >= 0.3 is 0 Å². The Balaban J connectivity index is 2.91. The number of ether oxygens (including phenoxy) is 1. The molecule has 0 unspecified atom stereocenters. The first-order valence-electron chi connectivity index (χ1n) is 8.46. The SMILES string of the molecule is CC(C)CCCCCCCCCCCOCCCO. The molecule has 2 nitrogen and oxygen atoms in total. The summed E-state index contributed by atoms with van der Waals surface area (Å²) < 4.78 is 5.41. The lowest BCUT2D eigenvalue weighted by Crippen LogP contribution is -1.98. The van der Waals surface area contributed by atoms with Crippen LogP contribution in [0.15, 0.2) is 0 Å². The molecule has 0 atom stereocenters. The van der Waals surface area contributed by atoms with Gasteiger partial charge in [0.15, 0.2) is 0 Å². The third-order valence-corrected chi connectivity index (χ3v) is 3.52. The Morgan fingerprint density at radius 3 is 1.68 bits per heavy atom. The number of unbranched alkanes of at least 4 members (excludes halogenated alkanes) is 8. The molecule has 2 heteroatoms. The molecule has 0 aliphatic heterocycles. The summed E-state index contributed by atoms with van der Waals surface area (Å²) in [5.41, 5.74) is 0. The van der Waals surface area contributed by atoms with E-state index in [1.54, 1.807) is 0 Å². The van der Waals surface area contributed by atoms with Crippen LogP contribution in [0.4, 0.5) is 0 Å². The van der Waals surface area contributed by atoms with Gasteiger partial charge in [0.1, 0.15) is 0 Å². The molecular formula is C17H36O2. The summed E-state index contributed by atoms with van der Waals surface area (Å²) in [7, 11) is 0. The van der Waals surface area contributed by atoms with E-state index < -0.39 is 0 Å². The second-order valence-electron chi connectivity index (χ2n) is 6.05. The van der Waals surface area contributed by atoms with Crippen molar-refractivity contribution in [2.24, 2.45) is 5.92 Å². The number of aliphatic hydroxyl groups excluding tert-OH is 1. The van der Waals surface area contributed by atoms with Crippen molar-refractivity contribution in [1.29, 1.82) is 0 Å². The van der Waals surface area contributed by atoms with E-state index in [1.165, 1.54) is 64.2 Å². The predicted octanol–water partition coefficient (Wildman–Crippen LogP) is 4.94. The molecule has 0 aromatic carbocycles. The van der Waals surface area contributed by atoms with Crippen LogP contribution in [-0.2, 0) is 4.74 Å². The molecule has 0 aromatic heterocycles. The van der Waals surface area contributed by atoms with Gasteiger partial charge in [-0.15, -0.1) is 0 Å². The van der Waals surface area contributed by atoms with Crippen LogP contribution in [0.2, 0.25) is 0 Å². The topological polar surface area (TPSA) is 29.5 Å². The van der Waals surface area contributed by atoms with E-state index in [-0.39, 0.29) is 6.61 Å². The fourth-order valence-corrected chi connectivity index (χ4v) is 2.26. The first kappa shape index (κ1) is 18.9. The van der Waals surface area contributed by atoms with Gasteiger partial charge in [-0.25, -0.2) is 0 Å². The van der Waals surface area contributed by atoms with E-state index in [2.05, 4.69) is 13.8 Å². The van der Waals surface area contributed by atoms with E-state index in [1.807, 2.05) is 0 Å². The molecule has 0 fully saturated rings. The minimum Gasteiger partial charge on any atom is -0.396 e. The monoisotopic (exact) mass is 272 g/mol. The summed E-state index contributed by atoms with van der Waals surface area (Å²) in [6.45, 7) is 6.46. The van der Waals surface area contributed by atoms with Crippen molar-refractivity contribution in [2.75, 3.05) is 19.8 Å². The van der Waals surface area contributed by atoms with Gasteiger partial charge in [0, 0.05) is 19.8 Å². The highest BCUT2D eigenvalue weighted by atomic mass is 16.5. The molecule has 0 radical (unpaired) electrons. The maximum absolute atomic E-state index is 8.59. The molecular weight excluding hydrogens is 236 g/mol. The molecule has 0 aliphatic rings. The molecule has 0 aromatic rings. The van der Waals surface area contributed by atoms with E-state index in [4.69, 9.17) is 9.84 Å². The number of hydrogen-bond donors (Lipinski definition) is 1. The summed E-state index contributed by atoms with van der Waals surface area (Å²) >= 11 is 0. The largest absolute Gasteiger partial charge is 0.396 e. The molecule has 1 N–H and O–H groups in total. The molecule has 0 bridgehead atoms. The Morgan fingerprint density at radius 1 is 0.684 bits per heavy atom. The van der Waals surface area contributed by atoms with Crippen LogP contribution in [0.3, 0.4) is 0 Å². The summed E-state index contributed by atoms with van der Waals surface area (Å²) in [6.07, 6.45) is 14.5. The molecule has 0 spiro atoms. The summed E-state index contributed by atoms with van der Waals surface area (Å²) in [4.78, 5) is 0. The van der Waals surface area contributed by atoms with E-state index in [0.29, 0.717) is 6.61 Å². The Labute approximate surface area is 120 Å². The zero-order valence-corrected chi connectivity index (χ0v) is 13.3. The summed E-state index contributed by atoms with van der Waals surface area (Å²) in [5, 5.41) is 8.59. The van der Waals surface area contributed by atoms with Gasteiger partial charge in [-0.05, 0) is 18.8 Å². The zero-order chi connectivity index (χ0) is 14.2. The van der Waals surface area contributed by atoms with Gasteiger partial charge in [-0.1, -0.05) is 71.6 Å². The Morgan fingerprint density at radius 2 is 1.16 bits per heavy atom. The van der Waals surface area contributed by atoms with Gasteiger partial charge < -0.3 is 9.84 Å². The lowest BCUT2D eigenvalue weighted by Gasteiger charge is -2.05. The van der Waals surface area contributed by atoms with Crippen LogP contribution in [0.5, 0.6) is 0 Å². The predicted molar refractivity (Wildman–Crippen MR) is 83.5 cm³/mol. The average molecular weight is 272 g/mol. The van der Waals surface area contributed by atoms with Crippen LogP contribution < -0.4 is 0 Å². The van der Waals surface area contributed by atoms with E-state index in [9.17, 15) is 0 Å². The first-order valence-corrected chi connectivity index (χ1v) is 8.46. The van der Waals surface area contributed by atoms with Crippen LogP contribution in [0.25, 0.3) is 0 Å². The van der Waals surface area contributed by atoms with Gasteiger partial charge in [-0.3, -0.25) is 0 Å². The van der Waals surface area contributed by atoms with E-state index >= 15 is 0 Å². The van der Waals surface area contributed by atoms with Crippen molar-refractivity contribution in [1.82, 2.24) is 0 Å². The van der Waals surface area contributed by atoms with Crippen LogP contribution in [0.1, 0.15) is 84.5 Å². The van der Waals surface area contributed by atoms with Crippen molar-refractivity contribution < 1.29 is 9.84 Å². The van der Waals surface area contributed by atoms with Crippen molar-refractivity contribution in [2.45, 2.75) is 84.5 Å². The third-order valence-electron chi connectivity index (χ3n) is 3.52. The van der Waals surface area contributed by atoms with Gasteiger partial charge in [0.25, 0.3) is 0 Å². The first-order chi connectivity index (χ1) is 9.27. The van der Waals surface area contributed by atoms with Crippen LogP contribution >= 0.6 is 0 Å². The minimum absolute atomic E-state index is 0.247. The van der Waals surface area contributed by atoms with Crippen molar-refractivity contribution >= 4 is 0 Å². The summed E-state index contributed by atoms with van der Waals surface area (Å²) in [5.74, 6) is 0.875. The Kier molecular flexibility index (Phi) is 15.9. The highest BCUT2D eigenvalue weighted by Crippen LogP contribution is 2.12. The zero-order valence-electron chi connectivity index (χ0n) is 13.3. The molecule has 19 heavy (non-hydrogen) atoms. The fourth-order valence-electron chi connectivity index (χ4n) is 2.26. The summed E-state index contributed by atoms with van der Waals surface area (Å²) in [6, 6.07) is 0. The normalized spacial score (nSPS) is 11.4. The second kappa shape index (κ2) is 16.0. The lowest BCUT2D eigenvalue weighted by molar-refractivity contribution is 0.112. The van der Waals surface area contributed by atoms with E-state index in [0.717, 1.165) is 18.9 Å². The average Bonchev–Trinajstić information content (AvgIpc) is 2.39.